The molecule has 2 amide bonds. The summed E-state index contributed by atoms with van der Waals surface area (Å²) in [6.45, 7) is 1.96. The third kappa shape index (κ3) is 2.94. The number of carbonyl (C=O) groups is 2. The molecule has 1 aliphatic rings. The Morgan fingerprint density at radius 1 is 1.04 bits per heavy atom. The van der Waals surface area contributed by atoms with Crippen LogP contribution >= 0.6 is 0 Å². The summed E-state index contributed by atoms with van der Waals surface area (Å²) < 4.78 is 0. The number of nitrogens with zero attached hydrogens (tertiary/aromatic N) is 1. The number of H-pyrrole nitrogens is 1. The minimum Gasteiger partial charge on any atom is -0.361 e. The fourth-order valence-corrected chi connectivity index (χ4v) is 3.52. The predicted molar refractivity (Wildman–Crippen MR) is 98.5 cm³/mol. The van der Waals surface area contributed by atoms with Crippen LogP contribution in [0.1, 0.15) is 24.1 Å². The minimum absolute atomic E-state index is 0.147. The van der Waals surface area contributed by atoms with Gasteiger partial charge >= 0.3 is 0 Å². The Bertz CT molecular complexity index is 951. The third-order valence-corrected chi connectivity index (χ3v) is 4.96. The Morgan fingerprint density at radius 2 is 1.85 bits per heavy atom. The number of amides is 2. The first kappa shape index (κ1) is 16.3. The molecule has 2 aromatic heterocycles. The van der Waals surface area contributed by atoms with Crippen molar-refractivity contribution < 1.29 is 9.59 Å². The van der Waals surface area contributed by atoms with Gasteiger partial charge in [0.05, 0.1) is 0 Å². The number of carbonyl (C=O) groups excluding carboxylic acids is 2. The Morgan fingerprint density at radius 3 is 2.65 bits per heavy atom. The molecule has 1 aliphatic heterocycles. The highest BCUT2D eigenvalue weighted by Gasteiger charge is 2.37. The van der Waals surface area contributed by atoms with Crippen molar-refractivity contribution in [3.63, 3.8) is 0 Å². The average Bonchev–Trinajstić information content (AvgIpc) is 3.09. The van der Waals surface area contributed by atoms with Crippen LogP contribution in [0.5, 0.6) is 0 Å². The second kappa shape index (κ2) is 6.63. The number of aromatic nitrogens is 2. The van der Waals surface area contributed by atoms with Gasteiger partial charge in [0.15, 0.2) is 0 Å². The van der Waals surface area contributed by atoms with Gasteiger partial charge in [0.1, 0.15) is 12.1 Å². The molecule has 0 radical (unpaired) electrons. The van der Waals surface area contributed by atoms with E-state index in [0.29, 0.717) is 6.42 Å². The average molecular weight is 348 g/mol. The quantitative estimate of drug-likeness (QED) is 0.673. The minimum atomic E-state index is -0.596. The summed E-state index contributed by atoms with van der Waals surface area (Å²) in [5.74, 6) is -0.485. The van der Waals surface area contributed by atoms with Crippen molar-refractivity contribution in [2.24, 2.45) is 0 Å². The van der Waals surface area contributed by atoms with Crippen molar-refractivity contribution in [3.05, 3.63) is 66.1 Å². The summed E-state index contributed by atoms with van der Waals surface area (Å²) in [5.41, 5.74) is 2.81. The Balaban J connectivity index is 1.52. The summed E-state index contributed by atoms with van der Waals surface area (Å²) in [4.78, 5) is 32.6. The Hall–Kier alpha value is -3.15. The molecule has 0 spiro atoms. The summed E-state index contributed by atoms with van der Waals surface area (Å²) in [7, 11) is 0. The largest absolute Gasteiger partial charge is 0.361 e. The van der Waals surface area contributed by atoms with Gasteiger partial charge in [0.25, 0.3) is 0 Å². The highest BCUT2D eigenvalue weighted by Crippen LogP contribution is 2.28. The molecule has 4 rings (SSSR count). The van der Waals surface area contributed by atoms with E-state index in [-0.39, 0.29) is 17.7 Å². The molecule has 0 saturated carbocycles. The van der Waals surface area contributed by atoms with E-state index in [9.17, 15) is 9.59 Å². The maximum atomic E-state index is 12.7. The van der Waals surface area contributed by atoms with E-state index >= 15 is 0 Å². The molecular formula is C20H20N4O2. The fraction of sp³-hybridized carbons (Fsp3) is 0.250. The number of piperazine rings is 1. The van der Waals surface area contributed by atoms with E-state index in [1.807, 2.05) is 55.6 Å². The SMILES string of the molecule is CC(c1c[nH]c2ccccc12)[C@H]1NC(=O)[C@@H](Cc2ccccn2)NC1=O. The number of nitrogens with one attached hydrogen (secondary N) is 3. The van der Waals surface area contributed by atoms with Gasteiger partial charge in [-0.3, -0.25) is 14.6 Å². The first-order valence-electron chi connectivity index (χ1n) is 8.70. The van der Waals surface area contributed by atoms with Crippen LogP contribution in [0, 0.1) is 0 Å². The van der Waals surface area contributed by atoms with Gasteiger partial charge in [-0.15, -0.1) is 0 Å². The van der Waals surface area contributed by atoms with Crippen LogP contribution in [-0.2, 0) is 16.0 Å². The van der Waals surface area contributed by atoms with Gasteiger partial charge in [-0.2, -0.15) is 0 Å². The molecule has 1 aromatic carbocycles. The molecule has 1 saturated heterocycles. The Labute approximate surface area is 151 Å². The lowest BCUT2D eigenvalue weighted by Crippen LogP contribution is -2.63. The number of hydrogen-bond donors (Lipinski definition) is 3. The van der Waals surface area contributed by atoms with E-state index in [0.717, 1.165) is 22.2 Å². The molecule has 132 valence electrons. The topological polar surface area (TPSA) is 86.9 Å². The van der Waals surface area contributed by atoms with E-state index in [2.05, 4.69) is 20.6 Å². The maximum Gasteiger partial charge on any atom is 0.243 e. The smallest absolute Gasteiger partial charge is 0.243 e. The van der Waals surface area contributed by atoms with Crippen molar-refractivity contribution in [1.82, 2.24) is 20.6 Å². The van der Waals surface area contributed by atoms with Crippen LogP contribution in [0.3, 0.4) is 0 Å². The second-order valence-electron chi connectivity index (χ2n) is 6.65. The number of pyridine rings is 1. The molecule has 1 unspecified atom stereocenters. The summed E-state index contributed by atoms with van der Waals surface area (Å²) >= 11 is 0. The number of aromatic amines is 1. The first-order valence-corrected chi connectivity index (χ1v) is 8.70. The van der Waals surface area contributed by atoms with Crippen LogP contribution in [0.25, 0.3) is 10.9 Å². The fourth-order valence-electron chi connectivity index (χ4n) is 3.52. The summed E-state index contributed by atoms with van der Waals surface area (Å²) in [5, 5.41) is 6.82. The number of hydrogen-bond acceptors (Lipinski definition) is 3. The lowest BCUT2D eigenvalue weighted by atomic mass is 9.90. The summed E-state index contributed by atoms with van der Waals surface area (Å²) in [6.07, 6.45) is 3.97. The van der Waals surface area contributed by atoms with Gasteiger partial charge < -0.3 is 15.6 Å². The number of fused-ring (bicyclic) bond motifs is 1. The highest BCUT2D eigenvalue weighted by atomic mass is 16.2. The van der Waals surface area contributed by atoms with Crippen LogP contribution in [0.15, 0.2) is 54.9 Å². The van der Waals surface area contributed by atoms with Crippen LogP contribution in [0.4, 0.5) is 0 Å². The van der Waals surface area contributed by atoms with Gasteiger partial charge in [-0.1, -0.05) is 31.2 Å². The van der Waals surface area contributed by atoms with Gasteiger partial charge in [-0.25, -0.2) is 0 Å². The maximum absolute atomic E-state index is 12.7. The number of rotatable bonds is 4. The van der Waals surface area contributed by atoms with Crippen LogP contribution in [0.2, 0.25) is 0 Å². The van der Waals surface area contributed by atoms with E-state index < -0.39 is 12.1 Å². The zero-order valence-corrected chi connectivity index (χ0v) is 14.4. The van der Waals surface area contributed by atoms with Crippen molar-refractivity contribution >= 4 is 22.7 Å². The predicted octanol–water partition coefficient (Wildman–Crippen LogP) is 1.89. The zero-order valence-electron chi connectivity index (χ0n) is 14.4. The van der Waals surface area contributed by atoms with Crippen LogP contribution < -0.4 is 10.6 Å². The molecule has 1 fully saturated rings. The van der Waals surface area contributed by atoms with Gasteiger partial charge in [0, 0.05) is 41.3 Å². The van der Waals surface area contributed by atoms with E-state index in [1.165, 1.54) is 0 Å². The monoisotopic (exact) mass is 348 g/mol. The van der Waals surface area contributed by atoms with Gasteiger partial charge in [-0.05, 0) is 23.8 Å². The summed E-state index contributed by atoms with van der Waals surface area (Å²) in [6, 6.07) is 12.3. The van der Waals surface area contributed by atoms with E-state index in [4.69, 9.17) is 0 Å². The molecule has 26 heavy (non-hydrogen) atoms. The standard InChI is InChI=1S/C20H20N4O2/c1-12(15-11-22-16-8-3-2-7-14(15)16)18-20(26)23-17(19(25)24-18)10-13-6-4-5-9-21-13/h2-9,11-12,17-18,22H,10H2,1H3,(H,23,26)(H,24,25)/t12?,17-,18-/m1/s1. The lowest BCUT2D eigenvalue weighted by molar-refractivity contribution is -0.137. The molecular weight excluding hydrogens is 328 g/mol. The number of para-hydroxylation sites is 1. The zero-order chi connectivity index (χ0) is 18.1. The Kier molecular flexibility index (Phi) is 4.16. The molecule has 3 heterocycles. The van der Waals surface area contributed by atoms with Crippen molar-refractivity contribution in [2.45, 2.75) is 31.3 Å². The van der Waals surface area contributed by atoms with Crippen molar-refractivity contribution in [2.75, 3.05) is 0 Å². The molecule has 3 N–H and O–H groups in total. The van der Waals surface area contributed by atoms with Crippen LogP contribution in [-0.4, -0.2) is 33.9 Å². The van der Waals surface area contributed by atoms with Crippen molar-refractivity contribution in [3.8, 4) is 0 Å². The molecule has 0 bridgehead atoms. The molecule has 6 nitrogen and oxygen atoms in total. The van der Waals surface area contributed by atoms with Crippen molar-refractivity contribution in [1.29, 1.82) is 0 Å². The van der Waals surface area contributed by atoms with E-state index in [1.54, 1.807) is 6.20 Å². The number of benzene rings is 1. The van der Waals surface area contributed by atoms with Gasteiger partial charge in [0.2, 0.25) is 11.8 Å². The highest BCUT2D eigenvalue weighted by molar-refractivity contribution is 5.98. The normalized spacial score (nSPS) is 21.3. The molecule has 3 aromatic rings. The second-order valence-corrected chi connectivity index (χ2v) is 6.65. The molecule has 3 atom stereocenters. The first-order chi connectivity index (χ1) is 12.6. The lowest BCUT2D eigenvalue weighted by Gasteiger charge is -2.32. The third-order valence-electron chi connectivity index (χ3n) is 4.96. The molecule has 0 aliphatic carbocycles. The molecule has 6 heteroatoms.